The number of carbonyl (C=O) groups excluding carboxylic acids is 2. The topological polar surface area (TPSA) is 80.8 Å². The Kier molecular flexibility index (Phi) is 6.87. The molecule has 0 saturated carbocycles. The van der Waals surface area contributed by atoms with E-state index >= 15 is 0 Å². The zero-order chi connectivity index (χ0) is 22.4. The first-order valence-electron chi connectivity index (χ1n) is 9.78. The number of ketones is 1. The van der Waals surface area contributed by atoms with Gasteiger partial charge in [0.05, 0.1) is 16.1 Å². The minimum atomic E-state index is -3.91. The molecule has 0 aliphatic rings. The lowest BCUT2D eigenvalue weighted by Crippen LogP contribution is -2.31. The summed E-state index contributed by atoms with van der Waals surface area (Å²) in [5.41, 5.74) is 1.54. The van der Waals surface area contributed by atoms with Crippen LogP contribution in [-0.2, 0) is 14.8 Å². The van der Waals surface area contributed by atoms with E-state index in [-0.39, 0.29) is 22.8 Å². The van der Waals surface area contributed by atoms with Gasteiger partial charge in [-0.25, -0.2) is 13.2 Å². The first-order valence-corrected chi connectivity index (χ1v) is 11.2. The normalized spacial score (nSPS) is 11.0. The molecule has 7 heteroatoms. The third-order valence-electron chi connectivity index (χ3n) is 4.75. The van der Waals surface area contributed by atoms with Gasteiger partial charge < -0.3 is 4.74 Å². The summed E-state index contributed by atoms with van der Waals surface area (Å²) in [4.78, 5) is 24.7. The van der Waals surface area contributed by atoms with Gasteiger partial charge in [0, 0.05) is 12.1 Å². The van der Waals surface area contributed by atoms with Gasteiger partial charge in [-0.05, 0) is 43.7 Å². The molecule has 0 amide bonds. The van der Waals surface area contributed by atoms with Crippen LogP contribution in [0.15, 0.2) is 83.8 Å². The number of ether oxygens (including phenoxy) is 1. The largest absolute Gasteiger partial charge is 0.454 e. The minimum absolute atomic E-state index is 0.0158. The van der Waals surface area contributed by atoms with Crippen molar-refractivity contribution in [2.24, 2.45) is 0 Å². The highest BCUT2D eigenvalue weighted by Crippen LogP contribution is 2.26. The van der Waals surface area contributed by atoms with E-state index < -0.39 is 22.6 Å². The van der Waals surface area contributed by atoms with Crippen molar-refractivity contribution < 1.29 is 22.7 Å². The molecule has 6 nitrogen and oxygen atoms in total. The number of esters is 1. The Bertz CT molecular complexity index is 1180. The second-order valence-corrected chi connectivity index (χ2v) is 8.68. The maximum Gasteiger partial charge on any atom is 0.338 e. The molecule has 0 aliphatic carbocycles. The van der Waals surface area contributed by atoms with Crippen molar-refractivity contribution in [2.45, 2.75) is 18.7 Å². The van der Waals surface area contributed by atoms with Crippen LogP contribution in [0.2, 0.25) is 0 Å². The Morgan fingerprint density at radius 1 is 0.871 bits per heavy atom. The SMILES string of the molecule is CCN(c1ccccc1)S(=O)(=O)c1cc(C(=O)OCC(=O)c2ccccc2)ccc1C. The fourth-order valence-corrected chi connectivity index (χ4v) is 4.86. The fourth-order valence-electron chi connectivity index (χ4n) is 3.13. The van der Waals surface area contributed by atoms with Crippen molar-refractivity contribution in [3.8, 4) is 0 Å². The fraction of sp³-hybridized carbons (Fsp3) is 0.167. The first-order chi connectivity index (χ1) is 14.8. The number of rotatable bonds is 8. The number of hydrogen-bond donors (Lipinski definition) is 0. The van der Waals surface area contributed by atoms with Gasteiger partial charge in [-0.2, -0.15) is 0 Å². The molecule has 0 radical (unpaired) electrons. The zero-order valence-corrected chi connectivity index (χ0v) is 18.1. The molecule has 0 bridgehead atoms. The quantitative estimate of drug-likeness (QED) is 0.389. The van der Waals surface area contributed by atoms with Crippen LogP contribution in [0.4, 0.5) is 5.69 Å². The molecule has 3 aromatic carbocycles. The molecule has 0 fully saturated rings. The van der Waals surface area contributed by atoms with E-state index in [9.17, 15) is 18.0 Å². The molecule has 0 spiro atoms. The number of para-hydroxylation sites is 1. The Hall–Kier alpha value is -3.45. The summed E-state index contributed by atoms with van der Waals surface area (Å²) in [6, 6.07) is 21.6. The third kappa shape index (κ3) is 5.00. The monoisotopic (exact) mass is 437 g/mol. The maximum absolute atomic E-state index is 13.3. The van der Waals surface area contributed by atoms with Crippen LogP contribution >= 0.6 is 0 Å². The highest BCUT2D eigenvalue weighted by molar-refractivity contribution is 7.92. The maximum atomic E-state index is 13.3. The summed E-state index contributed by atoms with van der Waals surface area (Å²) < 4.78 is 33.1. The van der Waals surface area contributed by atoms with Crippen LogP contribution in [0.1, 0.15) is 33.2 Å². The molecule has 0 heterocycles. The molecule has 0 unspecified atom stereocenters. The standard InChI is InChI=1S/C24H23NO5S/c1-3-25(21-12-8-5-9-13-21)31(28,29)23-16-20(15-14-18(23)2)24(27)30-17-22(26)19-10-6-4-7-11-19/h4-16H,3,17H2,1-2H3. The van der Waals surface area contributed by atoms with E-state index in [0.29, 0.717) is 16.8 Å². The Labute approximate surface area is 182 Å². The number of hydrogen-bond acceptors (Lipinski definition) is 5. The average molecular weight is 438 g/mol. The van der Waals surface area contributed by atoms with Crippen LogP contribution in [0.5, 0.6) is 0 Å². The highest BCUT2D eigenvalue weighted by Gasteiger charge is 2.26. The molecule has 160 valence electrons. The van der Waals surface area contributed by atoms with Gasteiger partial charge in [0.25, 0.3) is 10.0 Å². The van der Waals surface area contributed by atoms with Gasteiger partial charge in [-0.1, -0.05) is 54.6 Å². The van der Waals surface area contributed by atoms with Gasteiger partial charge in [0.2, 0.25) is 0 Å². The lowest BCUT2D eigenvalue weighted by Gasteiger charge is -2.24. The number of anilines is 1. The zero-order valence-electron chi connectivity index (χ0n) is 17.3. The Morgan fingerprint density at radius 2 is 1.48 bits per heavy atom. The summed E-state index contributed by atoms with van der Waals surface area (Å²) in [6.07, 6.45) is 0. The van der Waals surface area contributed by atoms with E-state index in [0.717, 1.165) is 0 Å². The van der Waals surface area contributed by atoms with Gasteiger partial charge in [-0.3, -0.25) is 9.10 Å². The summed E-state index contributed by atoms with van der Waals surface area (Å²) in [6.45, 7) is 3.21. The van der Waals surface area contributed by atoms with Crippen LogP contribution in [0.3, 0.4) is 0 Å². The molecule has 31 heavy (non-hydrogen) atoms. The van der Waals surface area contributed by atoms with E-state index in [2.05, 4.69) is 0 Å². The highest BCUT2D eigenvalue weighted by atomic mass is 32.2. The van der Waals surface area contributed by atoms with Crippen molar-refractivity contribution in [3.05, 3.63) is 95.6 Å². The van der Waals surface area contributed by atoms with Crippen molar-refractivity contribution in [3.63, 3.8) is 0 Å². The van der Waals surface area contributed by atoms with E-state index in [1.54, 1.807) is 74.5 Å². The van der Waals surface area contributed by atoms with Crippen LogP contribution in [0, 0.1) is 6.92 Å². The lowest BCUT2D eigenvalue weighted by molar-refractivity contribution is 0.0474. The number of benzene rings is 3. The number of nitrogens with zero attached hydrogens (tertiary/aromatic N) is 1. The molecular formula is C24H23NO5S. The number of carbonyl (C=O) groups is 2. The number of aryl methyl sites for hydroxylation is 1. The van der Waals surface area contributed by atoms with E-state index in [1.165, 1.54) is 16.4 Å². The van der Waals surface area contributed by atoms with E-state index in [4.69, 9.17) is 4.74 Å². The Morgan fingerprint density at radius 3 is 2.10 bits per heavy atom. The average Bonchev–Trinajstić information content (AvgIpc) is 2.79. The number of sulfonamides is 1. The van der Waals surface area contributed by atoms with Crippen molar-refractivity contribution >= 4 is 27.5 Å². The van der Waals surface area contributed by atoms with Crippen molar-refractivity contribution in [1.82, 2.24) is 0 Å². The van der Waals surface area contributed by atoms with Crippen LogP contribution in [-0.4, -0.2) is 33.3 Å². The van der Waals surface area contributed by atoms with Gasteiger partial charge in [0.1, 0.15) is 0 Å². The molecule has 3 rings (SSSR count). The predicted octanol–water partition coefficient (Wildman–Crippen LogP) is 4.25. The third-order valence-corrected chi connectivity index (χ3v) is 6.80. The summed E-state index contributed by atoms with van der Waals surface area (Å²) >= 11 is 0. The van der Waals surface area contributed by atoms with Crippen molar-refractivity contribution in [2.75, 3.05) is 17.5 Å². The lowest BCUT2D eigenvalue weighted by atomic mass is 10.1. The van der Waals surface area contributed by atoms with Crippen molar-refractivity contribution in [1.29, 1.82) is 0 Å². The molecule has 3 aromatic rings. The summed E-state index contributed by atoms with van der Waals surface area (Å²) in [5.74, 6) is -1.10. The second-order valence-electron chi connectivity index (χ2n) is 6.85. The van der Waals surface area contributed by atoms with Gasteiger partial charge in [-0.15, -0.1) is 0 Å². The molecule has 0 saturated heterocycles. The smallest absolute Gasteiger partial charge is 0.338 e. The van der Waals surface area contributed by atoms with E-state index in [1.807, 2.05) is 6.07 Å². The number of Topliss-reactive ketones (excluding diaryl/α,β-unsaturated/α-hetero) is 1. The van der Waals surface area contributed by atoms with Gasteiger partial charge in [0.15, 0.2) is 12.4 Å². The van der Waals surface area contributed by atoms with Crippen LogP contribution < -0.4 is 4.31 Å². The summed E-state index contributed by atoms with van der Waals surface area (Å²) in [5, 5.41) is 0. The molecule has 0 aromatic heterocycles. The molecule has 0 atom stereocenters. The molecular weight excluding hydrogens is 414 g/mol. The van der Waals surface area contributed by atoms with Gasteiger partial charge >= 0.3 is 5.97 Å². The second kappa shape index (κ2) is 9.57. The molecule has 0 N–H and O–H groups in total. The summed E-state index contributed by atoms with van der Waals surface area (Å²) in [7, 11) is -3.91. The van der Waals surface area contributed by atoms with Crippen LogP contribution in [0.25, 0.3) is 0 Å². The Balaban J connectivity index is 1.84. The first kappa shape index (κ1) is 22.2. The predicted molar refractivity (Wildman–Crippen MR) is 119 cm³/mol. The molecule has 0 aliphatic heterocycles. The minimum Gasteiger partial charge on any atom is -0.454 e.